The topological polar surface area (TPSA) is 13.1 Å². The van der Waals surface area contributed by atoms with Gasteiger partial charge in [0, 0.05) is 5.92 Å². The minimum atomic E-state index is 0.411. The van der Waals surface area contributed by atoms with Crippen LogP contribution >= 0.6 is 0 Å². The van der Waals surface area contributed by atoms with E-state index in [1.165, 1.54) is 37.0 Å². The molecule has 1 aromatic rings. The summed E-state index contributed by atoms with van der Waals surface area (Å²) in [5, 5.41) is 0. The number of hydrogen-bond acceptors (Lipinski definition) is 1. The Balaban J connectivity index is 2.10. The van der Waals surface area contributed by atoms with E-state index in [0.717, 1.165) is 0 Å². The fourth-order valence-corrected chi connectivity index (χ4v) is 3.60. The van der Waals surface area contributed by atoms with E-state index < -0.39 is 0 Å². The molecule has 2 atom stereocenters. The van der Waals surface area contributed by atoms with Gasteiger partial charge in [-0.25, -0.2) is 0 Å². The molecule has 0 spiro atoms. The summed E-state index contributed by atoms with van der Waals surface area (Å²) < 4.78 is 5.73. The molecule has 0 N–H and O–H groups in total. The Morgan fingerprint density at radius 3 is 3.00 bits per heavy atom. The SMILES string of the molecule is CC1=C(C)[C@]2(C)CCc3ccoc3C(C1)C2. The molecule has 0 radical (unpaired) electrons. The van der Waals surface area contributed by atoms with Gasteiger partial charge >= 0.3 is 0 Å². The first-order chi connectivity index (χ1) is 7.60. The van der Waals surface area contributed by atoms with Gasteiger partial charge in [-0.3, -0.25) is 0 Å². The predicted molar refractivity (Wildman–Crippen MR) is 65.5 cm³/mol. The van der Waals surface area contributed by atoms with Gasteiger partial charge in [-0.05, 0) is 56.6 Å². The molecule has 3 rings (SSSR count). The number of aryl methyl sites for hydroxylation is 1. The standard InChI is InChI=1S/C15H20O/c1-10-8-13-9-15(3,11(10)2)6-4-12-5-7-16-14(12)13/h5,7,13H,4,6,8-9H2,1-3H3/t13?,15-/m1/s1. The van der Waals surface area contributed by atoms with Crippen LogP contribution in [0, 0.1) is 5.41 Å². The van der Waals surface area contributed by atoms with Crippen LogP contribution in [0.15, 0.2) is 27.9 Å². The number of furan rings is 1. The van der Waals surface area contributed by atoms with Crippen LogP contribution in [-0.4, -0.2) is 0 Å². The van der Waals surface area contributed by atoms with E-state index >= 15 is 0 Å². The minimum absolute atomic E-state index is 0.411. The minimum Gasteiger partial charge on any atom is -0.469 e. The molecule has 2 bridgehead atoms. The van der Waals surface area contributed by atoms with Gasteiger partial charge in [-0.15, -0.1) is 0 Å². The molecular weight excluding hydrogens is 196 g/mol. The highest BCUT2D eigenvalue weighted by molar-refractivity contribution is 5.33. The van der Waals surface area contributed by atoms with Crippen LogP contribution in [0.25, 0.3) is 0 Å². The largest absolute Gasteiger partial charge is 0.469 e. The van der Waals surface area contributed by atoms with Crippen molar-refractivity contribution in [2.45, 2.75) is 52.4 Å². The molecule has 2 aliphatic carbocycles. The average molecular weight is 216 g/mol. The van der Waals surface area contributed by atoms with Crippen LogP contribution in [0.1, 0.15) is 57.3 Å². The molecule has 0 saturated heterocycles. The molecule has 0 saturated carbocycles. The van der Waals surface area contributed by atoms with Gasteiger partial charge < -0.3 is 4.42 Å². The normalized spacial score (nSPS) is 33.6. The Kier molecular flexibility index (Phi) is 2.07. The third kappa shape index (κ3) is 1.30. The van der Waals surface area contributed by atoms with Crippen molar-refractivity contribution >= 4 is 0 Å². The number of rotatable bonds is 0. The second-order valence-corrected chi connectivity index (χ2v) is 5.88. The zero-order valence-corrected chi connectivity index (χ0v) is 10.5. The fourth-order valence-electron chi connectivity index (χ4n) is 3.60. The van der Waals surface area contributed by atoms with Crippen molar-refractivity contribution in [3.8, 4) is 0 Å². The Bertz CT molecular complexity index is 452. The van der Waals surface area contributed by atoms with Crippen molar-refractivity contribution in [3.05, 3.63) is 34.8 Å². The zero-order valence-electron chi connectivity index (χ0n) is 10.5. The first-order valence-electron chi connectivity index (χ1n) is 6.33. The summed E-state index contributed by atoms with van der Waals surface area (Å²) in [6, 6.07) is 2.17. The Morgan fingerprint density at radius 2 is 2.19 bits per heavy atom. The van der Waals surface area contributed by atoms with E-state index in [1.54, 1.807) is 11.1 Å². The van der Waals surface area contributed by atoms with E-state index in [0.29, 0.717) is 11.3 Å². The fraction of sp³-hybridized carbons (Fsp3) is 0.600. The lowest BCUT2D eigenvalue weighted by Crippen LogP contribution is -2.25. The molecule has 1 heteroatoms. The summed E-state index contributed by atoms with van der Waals surface area (Å²) in [7, 11) is 0. The lowest BCUT2D eigenvalue weighted by Gasteiger charge is -2.38. The molecule has 0 amide bonds. The molecule has 0 aliphatic heterocycles. The van der Waals surface area contributed by atoms with Gasteiger partial charge in [-0.2, -0.15) is 0 Å². The maximum absolute atomic E-state index is 5.73. The highest BCUT2D eigenvalue weighted by Crippen LogP contribution is 2.52. The highest BCUT2D eigenvalue weighted by Gasteiger charge is 2.39. The van der Waals surface area contributed by atoms with Crippen LogP contribution in [0.5, 0.6) is 0 Å². The van der Waals surface area contributed by atoms with Crippen molar-refractivity contribution in [3.63, 3.8) is 0 Å². The van der Waals surface area contributed by atoms with Crippen LogP contribution in [0.4, 0.5) is 0 Å². The molecule has 16 heavy (non-hydrogen) atoms. The maximum Gasteiger partial charge on any atom is 0.110 e. The number of fused-ring (bicyclic) bond motifs is 4. The molecule has 86 valence electrons. The van der Waals surface area contributed by atoms with Gasteiger partial charge in [0.25, 0.3) is 0 Å². The molecule has 1 aromatic heterocycles. The summed E-state index contributed by atoms with van der Waals surface area (Å²) in [5.74, 6) is 1.90. The molecule has 1 unspecified atom stereocenters. The molecule has 0 fully saturated rings. The van der Waals surface area contributed by atoms with Crippen LogP contribution in [0.2, 0.25) is 0 Å². The van der Waals surface area contributed by atoms with E-state index in [2.05, 4.69) is 26.8 Å². The molecule has 2 aliphatic rings. The second kappa shape index (κ2) is 3.26. The Labute approximate surface area is 97.5 Å². The van der Waals surface area contributed by atoms with Crippen LogP contribution in [0.3, 0.4) is 0 Å². The summed E-state index contributed by atoms with van der Waals surface area (Å²) in [6.07, 6.45) is 6.80. The van der Waals surface area contributed by atoms with Crippen molar-refractivity contribution in [1.82, 2.24) is 0 Å². The van der Waals surface area contributed by atoms with E-state index in [1.807, 2.05) is 6.26 Å². The van der Waals surface area contributed by atoms with Crippen molar-refractivity contribution < 1.29 is 4.42 Å². The maximum atomic E-state index is 5.73. The van der Waals surface area contributed by atoms with Crippen molar-refractivity contribution in [2.24, 2.45) is 5.41 Å². The quantitative estimate of drug-likeness (QED) is 0.584. The van der Waals surface area contributed by atoms with Crippen molar-refractivity contribution in [2.75, 3.05) is 0 Å². The molecular formula is C15H20O. The monoisotopic (exact) mass is 216 g/mol. The van der Waals surface area contributed by atoms with Gasteiger partial charge in [0.2, 0.25) is 0 Å². The third-order valence-corrected chi connectivity index (χ3v) is 4.89. The van der Waals surface area contributed by atoms with Gasteiger partial charge in [0.15, 0.2) is 0 Å². The molecule has 1 nitrogen and oxygen atoms in total. The first-order valence-corrected chi connectivity index (χ1v) is 6.33. The third-order valence-electron chi connectivity index (χ3n) is 4.89. The molecule has 1 heterocycles. The van der Waals surface area contributed by atoms with Gasteiger partial charge in [-0.1, -0.05) is 18.1 Å². The van der Waals surface area contributed by atoms with Crippen molar-refractivity contribution in [1.29, 1.82) is 0 Å². The lowest BCUT2D eigenvalue weighted by atomic mass is 9.67. The van der Waals surface area contributed by atoms with E-state index in [-0.39, 0.29) is 0 Å². The smallest absolute Gasteiger partial charge is 0.110 e. The number of hydrogen-bond donors (Lipinski definition) is 0. The summed E-state index contributed by atoms with van der Waals surface area (Å²) in [4.78, 5) is 0. The Morgan fingerprint density at radius 1 is 1.38 bits per heavy atom. The average Bonchev–Trinajstić information content (AvgIpc) is 2.67. The van der Waals surface area contributed by atoms with E-state index in [4.69, 9.17) is 4.42 Å². The van der Waals surface area contributed by atoms with E-state index in [9.17, 15) is 0 Å². The Hall–Kier alpha value is -0.980. The molecule has 0 aromatic carbocycles. The van der Waals surface area contributed by atoms with Crippen LogP contribution < -0.4 is 0 Å². The summed E-state index contributed by atoms with van der Waals surface area (Å²) >= 11 is 0. The van der Waals surface area contributed by atoms with Gasteiger partial charge in [0.1, 0.15) is 5.76 Å². The highest BCUT2D eigenvalue weighted by atomic mass is 16.3. The lowest BCUT2D eigenvalue weighted by molar-refractivity contribution is 0.278. The predicted octanol–water partition coefficient (Wildman–Crippen LogP) is 4.45. The zero-order chi connectivity index (χ0) is 11.3. The van der Waals surface area contributed by atoms with Gasteiger partial charge in [0.05, 0.1) is 6.26 Å². The first kappa shape index (κ1) is 10.2. The number of allylic oxidation sites excluding steroid dienone is 2. The summed E-state index contributed by atoms with van der Waals surface area (Å²) in [5.41, 5.74) is 5.09. The second-order valence-electron chi connectivity index (χ2n) is 5.88. The van der Waals surface area contributed by atoms with Crippen LogP contribution in [-0.2, 0) is 6.42 Å². The summed E-state index contributed by atoms with van der Waals surface area (Å²) in [6.45, 7) is 7.07.